The Morgan fingerprint density at radius 2 is 1.76 bits per heavy atom. The Labute approximate surface area is 149 Å². The Hall–Kier alpha value is -2.69. The Balaban J connectivity index is 2.27. The highest BCUT2D eigenvalue weighted by molar-refractivity contribution is 6.06. The molecule has 2 amide bonds. The summed E-state index contributed by atoms with van der Waals surface area (Å²) in [5.41, 5.74) is 3.73. The lowest BCUT2D eigenvalue weighted by atomic mass is 10.1. The maximum absolute atomic E-state index is 12.6. The van der Waals surface area contributed by atoms with Gasteiger partial charge in [-0.15, -0.1) is 0 Å². The largest absolute Gasteiger partial charge is 0.339 e. The zero-order valence-electron chi connectivity index (χ0n) is 15.3. The second-order valence-electron chi connectivity index (χ2n) is 5.86. The van der Waals surface area contributed by atoms with Crippen LogP contribution in [0.4, 0.5) is 5.69 Å². The highest BCUT2D eigenvalue weighted by Gasteiger charge is 2.16. The van der Waals surface area contributed by atoms with Gasteiger partial charge in [0.05, 0.1) is 11.1 Å². The van der Waals surface area contributed by atoms with Gasteiger partial charge in [0.1, 0.15) is 0 Å². The summed E-state index contributed by atoms with van der Waals surface area (Å²) in [6.45, 7) is 9.11. The number of pyridine rings is 1. The summed E-state index contributed by atoms with van der Waals surface area (Å²) in [4.78, 5) is 30.9. The Morgan fingerprint density at radius 1 is 1.08 bits per heavy atom. The van der Waals surface area contributed by atoms with Crippen molar-refractivity contribution in [2.24, 2.45) is 0 Å². The highest BCUT2D eigenvalue weighted by atomic mass is 16.2. The number of anilines is 1. The number of hydrogen-bond donors (Lipinski definition) is 1. The monoisotopic (exact) mass is 339 g/mol. The first kappa shape index (κ1) is 18.6. The summed E-state index contributed by atoms with van der Waals surface area (Å²) in [6.07, 6.45) is 3.82. The Bertz CT molecular complexity index is 767. The van der Waals surface area contributed by atoms with Crippen LogP contribution in [0.3, 0.4) is 0 Å². The van der Waals surface area contributed by atoms with Gasteiger partial charge in [-0.25, -0.2) is 0 Å². The highest BCUT2D eigenvalue weighted by Crippen LogP contribution is 2.22. The van der Waals surface area contributed by atoms with E-state index in [2.05, 4.69) is 17.2 Å². The molecule has 0 atom stereocenters. The van der Waals surface area contributed by atoms with E-state index in [4.69, 9.17) is 0 Å². The van der Waals surface area contributed by atoms with Crippen molar-refractivity contribution in [3.63, 3.8) is 0 Å². The molecule has 5 heteroatoms. The number of amides is 2. The van der Waals surface area contributed by atoms with Crippen molar-refractivity contribution in [3.8, 4) is 0 Å². The van der Waals surface area contributed by atoms with Gasteiger partial charge < -0.3 is 10.2 Å². The first-order chi connectivity index (χ1) is 12.0. The molecule has 2 rings (SSSR count). The van der Waals surface area contributed by atoms with Gasteiger partial charge in [0.15, 0.2) is 0 Å². The predicted molar refractivity (Wildman–Crippen MR) is 100.0 cm³/mol. The molecule has 0 fully saturated rings. The van der Waals surface area contributed by atoms with Crippen LogP contribution in [0.5, 0.6) is 0 Å². The van der Waals surface area contributed by atoms with Gasteiger partial charge in [0.25, 0.3) is 11.8 Å². The van der Waals surface area contributed by atoms with Gasteiger partial charge >= 0.3 is 0 Å². The van der Waals surface area contributed by atoms with E-state index in [1.165, 1.54) is 12.4 Å². The van der Waals surface area contributed by atoms with Gasteiger partial charge in [-0.05, 0) is 44.4 Å². The minimum absolute atomic E-state index is 0.114. The fourth-order valence-electron chi connectivity index (χ4n) is 2.76. The Kier molecular flexibility index (Phi) is 6.28. The van der Waals surface area contributed by atoms with Crippen LogP contribution in [-0.2, 0) is 6.42 Å². The maximum Gasteiger partial charge on any atom is 0.257 e. The van der Waals surface area contributed by atoms with Crippen LogP contribution in [-0.4, -0.2) is 34.8 Å². The van der Waals surface area contributed by atoms with Crippen molar-refractivity contribution < 1.29 is 9.59 Å². The third-order valence-electron chi connectivity index (χ3n) is 4.28. The number of rotatable bonds is 6. The molecular formula is C20H25N3O2. The van der Waals surface area contributed by atoms with Crippen LogP contribution in [0, 0.1) is 6.92 Å². The molecule has 0 radical (unpaired) electrons. The van der Waals surface area contributed by atoms with Crippen molar-refractivity contribution in [2.75, 3.05) is 18.4 Å². The number of aryl methyl sites for hydroxylation is 2. The molecule has 1 heterocycles. The molecule has 1 N–H and O–H groups in total. The van der Waals surface area contributed by atoms with E-state index in [9.17, 15) is 9.59 Å². The van der Waals surface area contributed by atoms with Gasteiger partial charge in [-0.1, -0.05) is 25.1 Å². The maximum atomic E-state index is 12.6. The molecule has 0 spiro atoms. The summed E-state index contributed by atoms with van der Waals surface area (Å²) >= 11 is 0. The van der Waals surface area contributed by atoms with E-state index in [1.54, 1.807) is 11.0 Å². The number of nitrogens with zero attached hydrogens (tertiary/aromatic N) is 2. The molecule has 25 heavy (non-hydrogen) atoms. The summed E-state index contributed by atoms with van der Waals surface area (Å²) in [6, 6.07) is 7.55. The van der Waals surface area contributed by atoms with Crippen LogP contribution in [0.1, 0.15) is 52.6 Å². The quantitative estimate of drug-likeness (QED) is 0.873. The molecule has 5 nitrogen and oxygen atoms in total. The van der Waals surface area contributed by atoms with Gasteiger partial charge in [-0.3, -0.25) is 14.6 Å². The lowest BCUT2D eigenvalue weighted by Crippen LogP contribution is -2.30. The standard InChI is InChI=1S/C20H25N3O2/c1-5-15-10-8-9-14(4)18(15)22-19(24)16-11-17(13-21-12-16)20(25)23(6-2)7-3/h8-13H,5-7H2,1-4H3,(H,22,24). The third-order valence-corrected chi connectivity index (χ3v) is 4.28. The fourth-order valence-corrected chi connectivity index (χ4v) is 2.76. The predicted octanol–water partition coefficient (Wildman–Crippen LogP) is 3.69. The number of benzene rings is 1. The van der Waals surface area contributed by atoms with Crippen LogP contribution in [0.2, 0.25) is 0 Å². The molecule has 1 aromatic carbocycles. The summed E-state index contributed by atoms with van der Waals surface area (Å²) in [5, 5.41) is 2.97. The minimum atomic E-state index is -0.259. The molecule has 0 aliphatic carbocycles. The SMILES string of the molecule is CCc1cccc(C)c1NC(=O)c1cncc(C(=O)N(CC)CC)c1. The Morgan fingerprint density at radius 3 is 2.40 bits per heavy atom. The van der Waals surface area contributed by atoms with E-state index in [0.29, 0.717) is 24.2 Å². The summed E-state index contributed by atoms with van der Waals surface area (Å²) < 4.78 is 0. The van der Waals surface area contributed by atoms with Gasteiger partial charge in [-0.2, -0.15) is 0 Å². The minimum Gasteiger partial charge on any atom is -0.339 e. The topological polar surface area (TPSA) is 62.3 Å². The first-order valence-corrected chi connectivity index (χ1v) is 8.65. The van der Waals surface area contributed by atoms with E-state index in [1.807, 2.05) is 39.0 Å². The second-order valence-corrected chi connectivity index (χ2v) is 5.86. The number of carbonyl (C=O) groups excluding carboxylic acids is 2. The second kappa shape index (κ2) is 8.42. The molecule has 0 saturated carbocycles. The van der Waals surface area contributed by atoms with Crippen LogP contribution in [0.25, 0.3) is 0 Å². The lowest BCUT2D eigenvalue weighted by Gasteiger charge is -2.18. The number of para-hydroxylation sites is 1. The molecule has 0 bridgehead atoms. The molecule has 0 unspecified atom stereocenters. The molecular weight excluding hydrogens is 314 g/mol. The van der Waals surface area contributed by atoms with Gasteiger partial charge in [0, 0.05) is 31.2 Å². The van der Waals surface area contributed by atoms with Crippen molar-refractivity contribution in [2.45, 2.75) is 34.1 Å². The molecule has 0 aliphatic heterocycles. The number of carbonyl (C=O) groups is 2. The number of nitrogens with one attached hydrogen (secondary N) is 1. The summed E-state index contributed by atoms with van der Waals surface area (Å²) in [5.74, 6) is -0.372. The summed E-state index contributed by atoms with van der Waals surface area (Å²) in [7, 11) is 0. The van der Waals surface area contributed by atoms with Crippen molar-refractivity contribution in [1.82, 2.24) is 9.88 Å². The number of hydrogen-bond acceptors (Lipinski definition) is 3. The molecule has 2 aromatic rings. The van der Waals surface area contributed by atoms with E-state index in [-0.39, 0.29) is 11.8 Å². The van der Waals surface area contributed by atoms with Crippen molar-refractivity contribution in [1.29, 1.82) is 0 Å². The molecule has 132 valence electrons. The lowest BCUT2D eigenvalue weighted by molar-refractivity contribution is 0.0772. The zero-order valence-corrected chi connectivity index (χ0v) is 15.3. The normalized spacial score (nSPS) is 10.4. The molecule has 0 saturated heterocycles. The van der Waals surface area contributed by atoms with Crippen LogP contribution < -0.4 is 5.32 Å². The van der Waals surface area contributed by atoms with Crippen LogP contribution >= 0.6 is 0 Å². The molecule has 1 aromatic heterocycles. The van der Waals surface area contributed by atoms with E-state index >= 15 is 0 Å². The average Bonchev–Trinajstić information content (AvgIpc) is 2.64. The average molecular weight is 339 g/mol. The van der Waals surface area contributed by atoms with Gasteiger partial charge in [0.2, 0.25) is 0 Å². The molecule has 0 aliphatic rings. The van der Waals surface area contributed by atoms with Crippen molar-refractivity contribution in [3.05, 3.63) is 58.9 Å². The van der Waals surface area contributed by atoms with E-state index in [0.717, 1.165) is 23.2 Å². The van der Waals surface area contributed by atoms with Crippen LogP contribution in [0.15, 0.2) is 36.7 Å². The number of aromatic nitrogens is 1. The fraction of sp³-hybridized carbons (Fsp3) is 0.350. The van der Waals surface area contributed by atoms with Crippen molar-refractivity contribution >= 4 is 17.5 Å². The third kappa shape index (κ3) is 4.24. The smallest absolute Gasteiger partial charge is 0.257 e. The van der Waals surface area contributed by atoms with E-state index < -0.39 is 0 Å². The first-order valence-electron chi connectivity index (χ1n) is 8.65. The zero-order chi connectivity index (χ0) is 18.4.